The molecule has 2 aliphatic rings. The highest BCUT2D eigenvalue weighted by Crippen LogP contribution is 2.43. The molecule has 3 rings (SSSR count). The number of nitrogens with zero attached hydrogens (tertiary/aromatic N) is 3. The molecule has 0 aromatic carbocycles. The van der Waals surface area contributed by atoms with Gasteiger partial charge in [0, 0.05) is 31.1 Å². The Bertz CT molecular complexity index is 663. The van der Waals surface area contributed by atoms with Crippen molar-refractivity contribution in [1.82, 2.24) is 14.8 Å². The third kappa shape index (κ3) is 2.29. The smallest absolute Gasteiger partial charge is 0.338 e. The molecule has 6 nitrogen and oxygen atoms in total. The van der Waals surface area contributed by atoms with Crippen molar-refractivity contribution in [3.63, 3.8) is 0 Å². The molecule has 0 spiro atoms. The minimum atomic E-state index is -0.486. The molecule has 7 heteroatoms. The van der Waals surface area contributed by atoms with Gasteiger partial charge in [0.25, 0.3) is 0 Å². The fourth-order valence-electron chi connectivity index (χ4n) is 2.72. The molecule has 0 radical (unpaired) electrons. The molecule has 1 aromatic heterocycles. The number of ether oxygens (including phenoxy) is 1. The molecular weight excluding hydrogens is 302 g/mol. The quantitative estimate of drug-likeness (QED) is 0.803. The van der Waals surface area contributed by atoms with Crippen molar-refractivity contribution in [1.29, 1.82) is 0 Å². The van der Waals surface area contributed by atoms with E-state index < -0.39 is 12.0 Å². The van der Waals surface area contributed by atoms with Gasteiger partial charge in [0.15, 0.2) is 0 Å². The number of hydrogen-bond donors (Lipinski definition) is 0. The maximum atomic E-state index is 12.4. The maximum Gasteiger partial charge on any atom is 0.338 e. The molecule has 1 aromatic rings. The molecule has 22 heavy (non-hydrogen) atoms. The molecule has 0 bridgehead atoms. The maximum absolute atomic E-state index is 12.4. The highest BCUT2D eigenvalue weighted by Gasteiger charge is 2.40. The fraction of sp³-hybridized carbons (Fsp3) is 0.533. The van der Waals surface area contributed by atoms with Crippen LogP contribution in [0.4, 0.5) is 4.79 Å². The van der Waals surface area contributed by atoms with E-state index in [1.54, 1.807) is 37.3 Å². The zero-order valence-corrected chi connectivity index (χ0v) is 13.9. The van der Waals surface area contributed by atoms with Crippen LogP contribution in [-0.2, 0) is 9.53 Å². The predicted molar refractivity (Wildman–Crippen MR) is 82.5 cm³/mol. The van der Waals surface area contributed by atoms with E-state index in [9.17, 15) is 9.59 Å². The summed E-state index contributed by atoms with van der Waals surface area (Å²) in [7, 11) is 4.70. The van der Waals surface area contributed by atoms with Crippen molar-refractivity contribution in [2.24, 2.45) is 0 Å². The van der Waals surface area contributed by atoms with E-state index >= 15 is 0 Å². The van der Waals surface area contributed by atoms with Crippen LogP contribution in [0.1, 0.15) is 42.4 Å². The van der Waals surface area contributed by atoms with Crippen LogP contribution in [0.2, 0.25) is 0 Å². The highest BCUT2D eigenvalue weighted by molar-refractivity contribution is 7.09. The molecule has 1 saturated carbocycles. The van der Waals surface area contributed by atoms with Gasteiger partial charge >= 0.3 is 12.0 Å². The Morgan fingerprint density at radius 2 is 2.09 bits per heavy atom. The number of thiazole rings is 1. The molecular formula is C15H19N3O3S. The lowest BCUT2D eigenvalue weighted by molar-refractivity contribution is -0.137. The van der Waals surface area contributed by atoms with Crippen LogP contribution >= 0.6 is 11.3 Å². The number of urea groups is 1. The minimum Gasteiger partial charge on any atom is -0.466 e. The number of methoxy groups -OCH3 is 1. The van der Waals surface area contributed by atoms with E-state index in [0.717, 1.165) is 10.7 Å². The lowest BCUT2D eigenvalue weighted by Crippen LogP contribution is -2.47. The van der Waals surface area contributed by atoms with E-state index in [-0.39, 0.29) is 6.03 Å². The normalized spacial score (nSPS) is 22.4. The average Bonchev–Trinajstić information content (AvgIpc) is 3.26. The largest absolute Gasteiger partial charge is 0.466 e. The van der Waals surface area contributed by atoms with Gasteiger partial charge in [-0.15, -0.1) is 11.3 Å². The minimum absolute atomic E-state index is 0.156. The van der Waals surface area contributed by atoms with Crippen LogP contribution in [0.5, 0.6) is 0 Å². The first-order chi connectivity index (χ1) is 10.5. The molecule has 0 saturated heterocycles. The van der Waals surface area contributed by atoms with Gasteiger partial charge in [0.05, 0.1) is 23.4 Å². The van der Waals surface area contributed by atoms with Crippen LogP contribution in [0, 0.1) is 0 Å². The van der Waals surface area contributed by atoms with Gasteiger partial charge < -0.3 is 14.5 Å². The monoisotopic (exact) mass is 321 g/mol. The Kier molecular flexibility index (Phi) is 3.68. The zero-order chi connectivity index (χ0) is 16.0. The molecule has 1 unspecified atom stereocenters. The Hall–Kier alpha value is -1.89. The standard InChI is InChI=1S/C15H19N3O3S/c1-8-11(14(19)21-4)12(18(3)15(20)17(8)2)10-7-22-13(16-10)9-5-6-9/h7,9,12H,5-6H2,1-4H3. The second-order valence-corrected chi connectivity index (χ2v) is 6.62. The van der Waals surface area contributed by atoms with E-state index in [0.29, 0.717) is 17.2 Å². The van der Waals surface area contributed by atoms with E-state index in [1.807, 2.05) is 5.38 Å². The summed E-state index contributed by atoms with van der Waals surface area (Å²) < 4.78 is 4.92. The Morgan fingerprint density at radius 3 is 2.68 bits per heavy atom. The molecule has 1 aliphatic carbocycles. The summed E-state index contributed by atoms with van der Waals surface area (Å²) in [6.07, 6.45) is 2.35. The van der Waals surface area contributed by atoms with Crippen molar-refractivity contribution in [3.8, 4) is 0 Å². The van der Waals surface area contributed by atoms with Crippen LogP contribution in [0.3, 0.4) is 0 Å². The first kappa shape index (κ1) is 15.0. The van der Waals surface area contributed by atoms with Gasteiger partial charge in [-0.3, -0.25) is 0 Å². The summed E-state index contributed by atoms with van der Waals surface area (Å²) in [5, 5.41) is 3.04. The van der Waals surface area contributed by atoms with Crippen molar-refractivity contribution >= 4 is 23.3 Å². The summed E-state index contributed by atoms with van der Waals surface area (Å²) in [6.45, 7) is 1.76. The Labute approximate surface area is 133 Å². The molecule has 1 atom stereocenters. The Morgan fingerprint density at radius 1 is 1.41 bits per heavy atom. The second-order valence-electron chi connectivity index (χ2n) is 5.73. The number of allylic oxidation sites excluding steroid dienone is 1. The summed E-state index contributed by atoms with van der Waals surface area (Å²) in [6, 6.07) is -0.643. The number of carbonyl (C=O) groups is 2. The van der Waals surface area contributed by atoms with E-state index in [2.05, 4.69) is 4.98 Å². The summed E-state index contributed by atoms with van der Waals surface area (Å²) >= 11 is 1.60. The molecule has 1 fully saturated rings. The number of aromatic nitrogens is 1. The number of esters is 1. The van der Waals surface area contributed by atoms with Crippen LogP contribution < -0.4 is 0 Å². The lowest BCUT2D eigenvalue weighted by atomic mass is 9.98. The van der Waals surface area contributed by atoms with Crippen LogP contribution in [0.25, 0.3) is 0 Å². The second kappa shape index (κ2) is 5.39. The van der Waals surface area contributed by atoms with Crippen LogP contribution in [-0.4, -0.2) is 48.0 Å². The van der Waals surface area contributed by atoms with Crippen molar-refractivity contribution in [2.45, 2.75) is 31.7 Å². The molecule has 2 heterocycles. The van der Waals surface area contributed by atoms with Crippen molar-refractivity contribution in [3.05, 3.63) is 27.4 Å². The van der Waals surface area contributed by atoms with Gasteiger partial charge in [-0.2, -0.15) is 0 Å². The first-order valence-corrected chi connectivity index (χ1v) is 8.08. The van der Waals surface area contributed by atoms with Gasteiger partial charge in [0.1, 0.15) is 6.04 Å². The summed E-state index contributed by atoms with van der Waals surface area (Å²) in [5.74, 6) is 0.132. The molecule has 1 aliphatic heterocycles. The number of hydrogen-bond acceptors (Lipinski definition) is 5. The van der Waals surface area contributed by atoms with Gasteiger partial charge in [-0.05, 0) is 19.8 Å². The van der Waals surface area contributed by atoms with Gasteiger partial charge in [-0.1, -0.05) is 0 Å². The zero-order valence-electron chi connectivity index (χ0n) is 13.1. The first-order valence-electron chi connectivity index (χ1n) is 7.20. The van der Waals surface area contributed by atoms with Gasteiger partial charge in [-0.25, -0.2) is 14.6 Å². The number of likely N-dealkylation sites (N-methyl/N-ethyl adjacent to an activating group) is 1. The van der Waals surface area contributed by atoms with Gasteiger partial charge in [0.2, 0.25) is 0 Å². The fourth-order valence-corrected chi connectivity index (χ4v) is 3.73. The summed E-state index contributed by atoms with van der Waals surface area (Å²) in [4.78, 5) is 32.3. The molecule has 0 N–H and O–H groups in total. The Balaban J connectivity index is 2.07. The SMILES string of the molecule is COC(=O)C1=C(C)N(C)C(=O)N(C)C1c1csc(C2CC2)n1. The average molecular weight is 321 g/mol. The lowest BCUT2D eigenvalue weighted by Gasteiger charge is -2.38. The third-order valence-electron chi connectivity index (χ3n) is 4.29. The molecule has 118 valence electrons. The topological polar surface area (TPSA) is 62.7 Å². The van der Waals surface area contributed by atoms with Crippen molar-refractivity contribution in [2.75, 3.05) is 21.2 Å². The van der Waals surface area contributed by atoms with Crippen LogP contribution in [0.15, 0.2) is 16.7 Å². The number of amides is 2. The number of rotatable bonds is 3. The summed E-state index contributed by atoms with van der Waals surface area (Å²) in [5.41, 5.74) is 1.83. The highest BCUT2D eigenvalue weighted by atomic mass is 32.1. The van der Waals surface area contributed by atoms with E-state index in [1.165, 1.54) is 24.9 Å². The number of carbonyl (C=O) groups excluding carboxylic acids is 2. The molecule has 2 amide bonds. The van der Waals surface area contributed by atoms with Crippen molar-refractivity contribution < 1.29 is 14.3 Å². The predicted octanol–water partition coefficient (Wildman–Crippen LogP) is 2.51. The third-order valence-corrected chi connectivity index (χ3v) is 5.32. The van der Waals surface area contributed by atoms with E-state index in [4.69, 9.17) is 4.74 Å².